The number of urea groups is 1. The van der Waals surface area contributed by atoms with E-state index < -0.39 is 12.0 Å². The van der Waals surface area contributed by atoms with Gasteiger partial charge in [0.1, 0.15) is 6.04 Å². The van der Waals surface area contributed by atoms with Gasteiger partial charge in [-0.25, -0.2) is 9.59 Å². The zero-order valence-electron chi connectivity index (χ0n) is 11.6. The van der Waals surface area contributed by atoms with Crippen LogP contribution in [-0.2, 0) is 9.53 Å². The summed E-state index contributed by atoms with van der Waals surface area (Å²) in [6.45, 7) is 4.78. The number of thioether (sulfide) groups is 1. The lowest BCUT2D eigenvalue weighted by atomic mass is 10.2. The van der Waals surface area contributed by atoms with Crippen molar-refractivity contribution >= 4 is 23.8 Å². The third-order valence-corrected chi connectivity index (χ3v) is 3.56. The van der Waals surface area contributed by atoms with Crippen molar-refractivity contribution < 1.29 is 19.4 Å². The van der Waals surface area contributed by atoms with E-state index >= 15 is 0 Å². The van der Waals surface area contributed by atoms with Crippen LogP contribution in [0.15, 0.2) is 0 Å². The Morgan fingerprint density at radius 3 is 2.47 bits per heavy atom. The summed E-state index contributed by atoms with van der Waals surface area (Å²) in [7, 11) is 0. The van der Waals surface area contributed by atoms with Gasteiger partial charge in [-0.3, -0.25) is 0 Å². The summed E-state index contributed by atoms with van der Waals surface area (Å²) in [4.78, 5) is 24.8. The molecule has 0 aromatic rings. The van der Waals surface area contributed by atoms with E-state index in [4.69, 9.17) is 9.84 Å². The summed E-state index contributed by atoms with van der Waals surface area (Å²) in [6, 6.07) is -1.15. The molecule has 0 bridgehead atoms. The van der Waals surface area contributed by atoms with Crippen molar-refractivity contribution in [2.75, 3.05) is 25.1 Å². The first kappa shape index (κ1) is 16.1. The molecule has 1 rings (SSSR count). The van der Waals surface area contributed by atoms with Crippen LogP contribution in [0.5, 0.6) is 0 Å². The Morgan fingerprint density at radius 2 is 2.00 bits per heavy atom. The van der Waals surface area contributed by atoms with Crippen LogP contribution >= 0.6 is 11.8 Å². The van der Waals surface area contributed by atoms with E-state index in [0.717, 1.165) is 0 Å². The Labute approximate surface area is 117 Å². The van der Waals surface area contributed by atoms with Gasteiger partial charge in [0, 0.05) is 13.1 Å². The maximum atomic E-state index is 12.1. The van der Waals surface area contributed by atoms with E-state index in [0.29, 0.717) is 25.3 Å². The lowest BCUT2D eigenvalue weighted by molar-refractivity contribution is -0.139. The van der Waals surface area contributed by atoms with E-state index in [1.165, 1.54) is 0 Å². The standard InChI is InChI=1S/C12H22N2O4S/c1-8-6-14(7-9(2)18-8)12(17)13-10(11(15)16)4-5-19-3/h8-10H,4-7H2,1-3H3,(H,13,17)(H,15,16)/t8-,9+,10-/m1/s1. The molecule has 0 spiro atoms. The summed E-state index contributed by atoms with van der Waals surface area (Å²) in [5, 5.41) is 11.7. The molecule has 1 fully saturated rings. The Hall–Kier alpha value is -0.950. The van der Waals surface area contributed by atoms with Crippen molar-refractivity contribution in [3.05, 3.63) is 0 Å². The number of hydrogen-bond acceptors (Lipinski definition) is 4. The molecule has 2 amide bonds. The summed E-state index contributed by atoms with van der Waals surface area (Å²) in [5.74, 6) is -0.288. The molecule has 0 unspecified atom stereocenters. The van der Waals surface area contributed by atoms with Gasteiger partial charge in [0.25, 0.3) is 0 Å². The third kappa shape index (κ3) is 5.28. The molecule has 0 aromatic carbocycles. The van der Waals surface area contributed by atoms with Crippen molar-refractivity contribution in [1.82, 2.24) is 10.2 Å². The Bertz CT molecular complexity index is 317. The monoisotopic (exact) mass is 290 g/mol. The number of carbonyl (C=O) groups excluding carboxylic acids is 1. The summed E-state index contributed by atoms with van der Waals surface area (Å²) >= 11 is 1.56. The van der Waals surface area contributed by atoms with E-state index in [1.54, 1.807) is 16.7 Å². The molecule has 6 nitrogen and oxygen atoms in total. The number of carboxylic acids is 1. The van der Waals surface area contributed by atoms with Gasteiger partial charge in [-0.05, 0) is 32.3 Å². The number of amides is 2. The van der Waals surface area contributed by atoms with Crippen LogP contribution < -0.4 is 5.32 Å². The SMILES string of the molecule is CSCC[C@@H](NC(=O)N1C[C@@H](C)O[C@@H](C)C1)C(=O)O. The predicted molar refractivity (Wildman–Crippen MR) is 74.5 cm³/mol. The van der Waals surface area contributed by atoms with Gasteiger partial charge < -0.3 is 20.1 Å². The summed E-state index contributed by atoms with van der Waals surface area (Å²) in [5.41, 5.74) is 0. The van der Waals surface area contributed by atoms with Crippen LogP contribution in [0.2, 0.25) is 0 Å². The highest BCUT2D eigenvalue weighted by Crippen LogP contribution is 2.11. The Kier molecular flexibility index (Phi) is 6.44. The second kappa shape index (κ2) is 7.59. The van der Waals surface area contributed by atoms with Crippen molar-refractivity contribution in [3.63, 3.8) is 0 Å². The molecule has 1 aliphatic rings. The fourth-order valence-electron chi connectivity index (χ4n) is 2.08. The van der Waals surface area contributed by atoms with Crippen LogP contribution in [0.25, 0.3) is 0 Å². The fraction of sp³-hybridized carbons (Fsp3) is 0.833. The molecular formula is C12H22N2O4S. The normalized spacial score (nSPS) is 24.9. The molecule has 0 radical (unpaired) electrons. The molecular weight excluding hydrogens is 268 g/mol. The second-order valence-corrected chi connectivity index (χ2v) is 5.77. The minimum Gasteiger partial charge on any atom is -0.480 e. The van der Waals surface area contributed by atoms with Crippen molar-refractivity contribution in [3.8, 4) is 0 Å². The number of carbonyl (C=O) groups is 2. The van der Waals surface area contributed by atoms with Crippen LogP contribution in [-0.4, -0.2) is 65.4 Å². The van der Waals surface area contributed by atoms with Gasteiger partial charge in [0.2, 0.25) is 0 Å². The number of hydrogen-bond donors (Lipinski definition) is 2. The maximum absolute atomic E-state index is 12.1. The number of carboxylic acid groups (broad SMARTS) is 1. The van der Waals surface area contributed by atoms with Gasteiger partial charge >= 0.3 is 12.0 Å². The summed E-state index contributed by atoms with van der Waals surface area (Å²) in [6.07, 6.45) is 2.29. The molecule has 3 atom stereocenters. The highest BCUT2D eigenvalue weighted by Gasteiger charge is 2.28. The number of morpholine rings is 1. The molecule has 1 heterocycles. The lowest BCUT2D eigenvalue weighted by Gasteiger charge is -2.35. The van der Waals surface area contributed by atoms with Crippen LogP contribution in [0, 0.1) is 0 Å². The zero-order chi connectivity index (χ0) is 14.4. The van der Waals surface area contributed by atoms with Gasteiger partial charge in [-0.2, -0.15) is 11.8 Å². The molecule has 1 saturated heterocycles. The predicted octanol–water partition coefficient (Wildman–Crippen LogP) is 1.01. The number of nitrogens with zero attached hydrogens (tertiary/aromatic N) is 1. The Morgan fingerprint density at radius 1 is 1.42 bits per heavy atom. The third-order valence-electron chi connectivity index (χ3n) is 2.91. The first-order valence-corrected chi connectivity index (χ1v) is 7.76. The maximum Gasteiger partial charge on any atom is 0.326 e. The molecule has 7 heteroatoms. The number of aliphatic carboxylic acids is 1. The van der Waals surface area contributed by atoms with Crippen LogP contribution in [0.3, 0.4) is 0 Å². The highest BCUT2D eigenvalue weighted by molar-refractivity contribution is 7.98. The van der Waals surface area contributed by atoms with Gasteiger partial charge in [0.05, 0.1) is 12.2 Å². The largest absolute Gasteiger partial charge is 0.480 e. The average molecular weight is 290 g/mol. The molecule has 0 aromatic heterocycles. The van der Waals surface area contributed by atoms with Crippen molar-refractivity contribution in [1.29, 1.82) is 0 Å². The van der Waals surface area contributed by atoms with E-state index in [-0.39, 0.29) is 18.2 Å². The zero-order valence-corrected chi connectivity index (χ0v) is 12.4. The molecule has 0 saturated carbocycles. The van der Waals surface area contributed by atoms with Gasteiger partial charge in [-0.15, -0.1) is 0 Å². The molecule has 110 valence electrons. The van der Waals surface area contributed by atoms with E-state index in [1.807, 2.05) is 20.1 Å². The van der Waals surface area contributed by atoms with E-state index in [2.05, 4.69) is 5.32 Å². The molecule has 0 aliphatic carbocycles. The number of nitrogens with one attached hydrogen (secondary N) is 1. The molecule has 2 N–H and O–H groups in total. The minimum absolute atomic E-state index is 0.0241. The smallest absolute Gasteiger partial charge is 0.326 e. The van der Waals surface area contributed by atoms with Crippen LogP contribution in [0.1, 0.15) is 20.3 Å². The second-order valence-electron chi connectivity index (χ2n) is 4.78. The van der Waals surface area contributed by atoms with E-state index in [9.17, 15) is 9.59 Å². The van der Waals surface area contributed by atoms with Crippen molar-refractivity contribution in [2.45, 2.75) is 38.5 Å². The first-order valence-electron chi connectivity index (χ1n) is 6.36. The fourth-order valence-corrected chi connectivity index (χ4v) is 2.55. The highest BCUT2D eigenvalue weighted by atomic mass is 32.2. The van der Waals surface area contributed by atoms with Crippen LogP contribution in [0.4, 0.5) is 4.79 Å². The molecule has 19 heavy (non-hydrogen) atoms. The topological polar surface area (TPSA) is 78.9 Å². The Balaban J connectivity index is 2.53. The number of ether oxygens (including phenoxy) is 1. The van der Waals surface area contributed by atoms with Crippen molar-refractivity contribution in [2.24, 2.45) is 0 Å². The minimum atomic E-state index is -0.989. The summed E-state index contributed by atoms with van der Waals surface area (Å²) < 4.78 is 5.54. The lowest BCUT2D eigenvalue weighted by Crippen LogP contribution is -2.54. The van der Waals surface area contributed by atoms with Gasteiger partial charge in [-0.1, -0.05) is 0 Å². The number of rotatable bonds is 5. The average Bonchev–Trinajstić information content (AvgIpc) is 2.32. The van der Waals surface area contributed by atoms with Gasteiger partial charge in [0.15, 0.2) is 0 Å². The first-order chi connectivity index (χ1) is 8.93. The molecule has 1 aliphatic heterocycles. The quantitative estimate of drug-likeness (QED) is 0.790.